The zero-order chi connectivity index (χ0) is 79.1. The van der Waals surface area contributed by atoms with Gasteiger partial charge in [0.2, 0.25) is 0 Å². The van der Waals surface area contributed by atoms with Crippen LogP contribution in [0.4, 0.5) is 50.9 Å². The van der Waals surface area contributed by atoms with E-state index in [0.717, 1.165) is 83.6 Å². The zero-order valence-electron chi connectivity index (χ0n) is 64.5. The van der Waals surface area contributed by atoms with Crippen molar-refractivity contribution in [3.05, 3.63) is 323 Å². The number of urea groups is 1. The van der Waals surface area contributed by atoms with Crippen LogP contribution in [-0.4, -0.2) is 50.7 Å². The van der Waals surface area contributed by atoms with Gasteiger partial charge in [-0.3, -0.25) is 10.1 Å². The van der Waals surface area contributed by atoms with Gasteiger partial charge < -0.3 is 71.8 Å². The molecule has 15 N–H and O–H groups in total. The fraction of sp³-hybridized carbons (Fsp3) is 0.184. The summed E-state index contributed by atoms with van der Waals surface area (Å²) in [7, 11) is 0. The molecule has 0 saturated carbocycles. The maximum absolute atomic E-state index is 13.3. The minimum absolute atomic E-state index is 0. The molecule has 1 aliphatic carbocycles. The number of nitrogens with one attached hydrogen (secondary N) is 2. The maximum atomic E-state index is 13.3. The molecule has 0 fully saturated rings. The molecule has 13 aromatic rings. The Bertz CT molecular complexity index is 5370. The van der Waals surface area contributed by atoms with E-state index in [2.05, 4.69) is 140 Å². The molecule has 0 aliphatic heterocycles. The summed E-state index contributed by atoms with van der Waals surface area (Å²) >= 11 is 1.96. The summed E-state index contributed by atoms with van der Waals surface area (Å²) < 4.78 is 25.8. The van der Waals surface area contributed by atoms with E-state index in [1.54, 1.807) is 84.1 Å². The van der Waals surface area contributed by atoms with Crippen molar-refractivity contribution in [2.45, 2.75) is 93.2 Å². The quantitative estimate of drug-likeness (QED) is 0.0115. The monoisotopic (exact) mass is 1780 g/mol. The van der Waals surface area contributed by atoms with Crippen molar-refractivity contribution in [2.24, 2.45) is 5.41 Å². The zero-order valence-corrected chi connectivity index (χ0v) is 67.9. The molecule has 8 aromatic carbocycles. The number of benzene rings is 8. The standard InChI is InChI=1S/C33H34N4O2.C16H13N3O3.C16H15N3O.C14H19N3.C6H8N2O.CH3I.CH3.Pt/c1-21-9-11-23(12-10-21)27-18-24(33(2,3)4)19-29(27)37-32(38)36-28-13-14-30(26-8-6-5-7-25(26)28)39-20-22-15-16-35-31(34)17-22;17-16-9-11(7-8-18-16)10-22-15-6-5-14(19(20)21)12-3-1-2-4-13(12)15;17-14-5-6-15(13-4-2-1-3-12(13)14)20-10-11-7-8-19-16(18)9-11;1-10-5-7-11(8-6-10)17-13(15)9-12(16-17)14(2,3)4;7-6-3-5(4-9)1-2-8-6;1-2;;/h5-19,27H,20H2,1-4H3,(H2,34,35)(H2,36,37,38);1-9H,10H2,(H2,17,18);1-9H,10,17H2,(H2,18,19);5-9H,15H2,1-4H3;1-3,9H,4H2,(H2,7,8);1H3;1H3;/q;;;;;;-1;/i;;;;;1D;;. The van der Waals surface area contributed by atoms with Crippen LogP contribution in [0.1, 0.15) is 93.5 Å². The van der Waals surface area contributed by atoms with Crippen LogP contribution in [0.3, 0.4) is 0 Å². The molecule has 1 atom stereocenters. The first-order chi connectivity index (χ1) is 52.7. The van der Waals surface area contributed by atoms with Crippen LogP contribution in [0.25, 0.3) is 38.0 Å². The first-order valence-electron chi connectivity index (χ1n) is 35.5. The summed E-state index contributed by atoms with van der Waals surface area (Å²) in [6.07, 6.45) is 10.9. The fourth-order valence-corrected chi connectivity index (χ4v) is 11.4. The number of allylic oxidation sites excluding steroid dienone is 3. The number of aliphatic hydroxyl groups is 1. The number of fused-ring (bicyclic) bond motifs is 3. The van der Waals surface area contributed by atoms with Crippen LogP contribution in [0.5, 0.6) is 17.2 Å². The molecule has 14 rings (SSSR count). The van der Waals surface area contributed by atoms with E-state index < -0.39 is 4.92 Å². The van der Waals surface area contributed by atoms with Crippen molar-refractivity contribution >= 4 is 107 Å². The number of alkyl halides is 1. The number of nitro groups is 1. The van der Waals surface area contributed by atoms with Gasteiger partial charge in [0.25, 0.3) is 5.69 Å². The van der Waals surface area contributed by atoms with E-state index in [1.807, 2.05) is 138 Å². The number of rotatable bonds is 15. The van der Waals surface area contributed by atoms with E-state index in [0.29, 0.717) is 76.0 Å². The van der Waals surface area contributed by atoms with Crippen molar-refractivity contribution in [2.75, 3.05) is 44.6 Å². The van der Waals surface area contributed by atoms with E-state index in [4.69, 9.17) is 55.1 Å². The molecule has 2 amide bonds. The number of amides is 2. The van der Waals surface area contributed by atoms with Crippen LogP contribution in [0.2, 0.25) is 0 Å². The van der Waals surface area contributed by atoms with Crippen LogP contribution in [0, 0.1) is 36.8 Å². The summed E-state index contributed by atoms with van der Waals surface area (Å²) in [6.45, 7) is 18.2. The minimum atomic E-state index is -0.393. The van der Waals surface area contributed by atoms with Crippen molar-refractivity contribution in [3.8, 4) is 22.9 Å². The Labute approximate surface area is 677 Å². The van der Waals surface area contributed by atoms with E-state index in [9.17, 15) is 14.9 Å². The third kappa shape index (κ3) is 24.3. The van der Waals surface area contributed by atoms with Crippen LogP contribution in [0.15, 0.2) is 261 Å². The topological polar surface area (TPSA) is 358 Å². The average molecular weight is 1790 g/mol. The summed E-state index contributed by atoms with van der Waals surface area (Å²) in [4.78, 5) is 40.1. The number of aryl methyl sites for hydroxylation is 2. The summed E-state index contributed by atoms with van der Waals surface area (Å²) in [5.74, 6) is 4.62. The van der Waals surface area contributed by atoms with Gasteiger partial charge in [0.15, 0.2) is 0 Å². The van der Waals surface area contributed by atoms with Gasteiger partial charge in [-0.15, -0.1) is 0 Å². The van der Waals surface area contributed by atoms with E-state index in [1.165, 1.54) is 22.8 Å². The molecule has 578 valence electrons. The van der Waals surface area contributed by atoms with Crippen LogP contribution in [-0.2, 0) is 52.9 Å². The number of anilines is 7. The van der Waals surface area contributed by atoms with Gasteiger partial charge in [0, 0.05) is 109 Å². The molecule has 111 heavy (non-hydrogen) atoms. The largest absolute Gasteiger partial charge is 0.488 e. The molecular weight excluding hydrogens is 1690 g/mol. The molecule has 1 unspecified atom stereocenters. The van der Waals surface area contributed by atoms with Gasteiger partial charge in [-0.25, -0.2) is 29.4 Å². The van der Waals surface area contributed by atoms with Crippen molar-refractivity contribution in [1.29, 1.82) is 0 Å². The Balaban J connectivity index is 0.000000205. The number of nitrogen functional groups attached to an aromatic ring is 6. The molecule has 22 nitrogen and oxygen atoms in total. The SMILES string of the molecule is Cc1ccc(-n2nc(C(C)(C)C)cc2N)cc1.Cc1ccc(C2C=C(C(C)(C)C)C=C2NC(=O)Nc2ccc(OCc3ccnc(N)c3)c3ccccc23)cc1.Nc1cc(CO)ccn1.Nc1cc(COc2ccc(N)c3ccccc23)ccn1.Nc1cc(COc2ccc([N+](=O)[O-])c3ccccc23)ccn1.[2H]CI.[CH3-].[Pt]. The van der Waals surface area contributed by atoms with Gasteiger partial charge in [-0.2, -0.15) is 5.10 Å². The number of non-ortho nitro benzene ring substituents is 1. The number of nitrogens with two attached hydrogens (primary N) is 6. The Morgan fingerprint density at radius 1 is 0.550 bits per heavy atom. The molecule has 24 heteroatoms. The molecule has 0 saturated heterocycles. The average Bonchev–Trinajstić information content (AvgIpc) is 1.77. The van der Waals surface area contributed by atoms with E-state index in [-0.39, 0.29) is 63.6 Å². The third-order valence-corrected chi connectivity index (χ3v) is 17.2. The number of carbonyl (C=O) groups is 1. The normalized spacial score (nSPS) is 12.0. The molecule has 0 radical (unpaired) electrons. The number of nitrogens with zero attached hydrogens (tertiary/aromatic N) is 7. The predicted octanol–water partition coefficient (Wildman–Crippen LogP) is 18.5. The number of aliphatic hydroxyl groups excluding tert-OH is 1. The van der Waals surface area contributed by atoms with Crippen molar-refractivity contribution in [3.63, 3.8) is 0 Å². The molecule has 5 heterocycles. The Morgan fingerprint density at radius 2 is 0.964 bits per heavy atom. The molecule has 0 spiro atoms. The number of carbonyl (C=O) groups excluding carboxylic acids is 1. The number of pyridine rings is 4. The number of halogens is 1. The first kappa shape index (κ1) is 84.7. The van der Waals surface area contributed by atoms with E-state index >= 15 is 0 Å². The number of nitro benzene ring substituents is 1. The van der Waals surface area contributed by atoms with Crippen LogP contribution >= 0.6 is 22.6 Å². The van der Waals surface area contributed by atoms with Gasteiger partial charge in [0.05, 0.1) is 34.0 Å². The summed E-state index contributed by atoms with van der Waals surface area (Å²) in [5.41, 5.74) is 47.1. The predicted molar refractivity (Wildman–Crippen MR) is 456 cm³/mol. The van der Waals surface area contributed by atoms with Crippen LogP contribution < -0.4 is 59.2 Å². The van der Waals surface area contributed by atoms with Gasteiger partial charge in [0.1, 0.15) is 66.2 Å². The number of aromatic nitrogens is 6. The maximum Gasteiger partial charge on any atom is 0.323 e. The minimum Gasteiger partial charge on any atom is -0.488 e. The molecule has 5 aromatic heterocycles. The van der Waals surface area contributed by atoms with Crippen molar-refractivity contribution < 1.29 is 51.5 Å². The Kier molecular flexibility index (Phi) is 30.9. The fourth-order valence-electron chi connectivity index (χ4n) is 11.4. The molecule has 1 aliphatic rings. The smallest absolute Gasteiger partial charge is 0.323 e. The number of hydrogen-bond acceptors (Lipinski definition) is 18. The second-order valence-electron chi connectivity index (χ2n) is 27.5. The van der Waals surface area contributed by atoms with Gasteiger partial charge in [-0.05, 0) is 161 Å². The van der Waals surface area contributed by atoms with Gasteiger partial charge in [-0.1, -0.05) is 184 Å². The second kappa shape index (κ2) is 40.5. The summed E-state index contributed by atoms with van der Waals surface area (Å²) in [5, 5.41) is 35.5. The number of hydrogen-bond donors (Lipinski definition) is 9. The Hall–Kier alpha value is -11.9. The number of ether oxygens (including phenoxy) is 3. The molecule has 0 bridgehead atoms. The second-order valence-corrected chi connectivity index (χ2v) is 27.5. The third-order valence-electron chi connectivity index (χ3n) is 17.2. The van der Waals surface area contributed by atoms with Gasteiger partial charge >= 0.3 is 6.03 Å². The summed E-state index contributed by atoms with van der Waals surface area (Å²) in [6, 6.07) is 66.1. The Morgan fingerprint density at radius 3 is 1.41 bits per heavy atom. The molecular formula is C87H95IN15O7Pt-. The van der Waals surface area contributed by atoms with Crippen molar-refractivity contribution in [1.82, 2.24) is 35.0 Å². The first-order valence-corrected chi connectivity index (χ1v) is 36.3.